The minimum absolute atomic E-state index is 0.133. The molecule has 1 saturated carbocycles. The van der Waals surface area contributed by atoms with Gasteiger partial charge < -0.3 is 14.5 Å². The molecule has 8 nitrogen and oxygen atoms in total. The van der Waals surface area contributed by atoms with Crippen molar-refractivity contribution < 1.29 is 19.1 Å². The van der Waals surface area contributed by atoms with E-state index in [0.717, 1.165) is 0 Å². The Bertz CT molecular complexity index is 725. The molecule has 2 N–H and O–H groups in total. The molecule has 0 aromatic carbocycles. The number of esters is 2. The molecule has 0 radical (unpaired) electrons. The predicted octanol–water partition coefficient (Wildman–Crippen LogP) is 0.656. The zero-order chi connectivity index (χ0) is 17.1. The highest BCUT2D eigenvalue weighted by Gasteiger charge is 2.39. The van der Waals surface area contributed by atoms with E-state index in [2.05, 4.69) is 9.97 Å². The van der Waals surface area contributed by atoms with Crippen molar-refractivity contribution in [3.8, 4) is 0 Å². The molecule has 0 saturated heterocycles. The third kappa shape index (κ3) is 4.43. The maximum Gasteiger partial charge on any atom is 0.325 e. The highest BCUT2D eigenvalue weighted by Crippen LogP contribution is 2.40. The molecule has 1 aliphatic rings. The van der Waals surface area contributed by atoms with Gasteiger partial charge in [-0.15, -0.1) is 0 Å². The van der Waals surface area contributed by atoms with Gasteiger partial charge in [-0.25, -0.2) is 4.79 Å². The quantitative estimate of drug-likeness (QED) is 0.529. The molecule has 0 aliphatic heterocycles. The van der Waals surface area contributed by atoms with E-state index < -0.39 is 29.3 Å². The Hall–Kier alpha value is -1.65. The number of rotatable bonds is 4. The zero-order valence-electron chi connectivity index (χ0n) is 12.7. The van der Waals surface area contributed by atoms with Crippen LogP contribution in [0.15, 0.2) is 9.59 Å². The number of carbonyl (C=O) groups is 2. The Kier molecular flexibility index (Phi) is 5.60. The Morgan fingerprint density at radius 1 is 1.17 bits per heavy atom. The molecule has 1 aliphatic carbocycles. The van der Waals surface area contributed by atoms with Crippen molar-refractivity contribution in [2.75, 3.05) is 6.61 Å². The fourth-order valence-electron chi connectivity index (χ4n) is 2.85. The lowest BCUT2D eigenvalue weighted by Crippen LogP contribution is -2.27. The second-order valence-corrected chi connectivity index (χ2v) is 6.59. The molecule has 126 valence electrons. The van der Waals surface area contributed by atoms with E-state index in [4.69, 9.17) is 9.47 Å². The smallest absolute Gasteiger partial charge is 0.325 e. The predicted molar refractivity (Wildman–Crippen MR) is 88.1 cm³/mol. The average molecular weight is 436 g/mol. The largest absolute Gasteiger partial charge is 0.465 e. The first-order valence-corrected chi connectivity index (χ1v) is 8.18. The molecular formula is C14H17IN2O6. The van der Waals surface area contributed by atoms with Gasteiger partial charge in [0.1, 0.15) is 6.10 Å². The van der Waals surface area contributed by atoms with Crippen LogP contribution in [-0.2, 0) is 19.1 Å². The molecule has 0 spiro atoms. The third-order valence-corrected chi connectivity index (χ3v) is 4.84. The monoisotopic (exact) mass is 436 g/mol. The summed E-state index contributed by atoms with van der Waals surface area (Å²) in [5.74, 6) is -1.15. The van der Waals surface area contributed by atoms with Crippen LogP contribution in [0.1, 0.15) is 38.3 Å². The molecular weight excluding hydrogens is 419 g/mol. The lowest BCUT2D eigenvalue weighted by molar-refractivity contribution is -0.151. The van der Waals surface area contributed by atoms with Crippen LogP contribution in [0.25, 0.3) is 0 Å². The Labute approximate surface area is 145 Å². The van der Waals surface area contributed by atoms with E-state index in [1.54, 1.807) is 0 Å². The van der Waals surface area contributed by atoms with Gasteiger partial charge >= 0.3 is 17.6 Å². The van der Waals surface area contributed by atoms with E-state index in [1.165, 1.54) is 13.8 Å². The minimum Gasteiger partial charge on any atom is -0.465 e. The molecule has 2 rings (SSSR count). The summed E-state index contributed by atoms with van der Waals surface area (Å²) in [6, 6.07) is 0. The number of halogens is 1. The molecule has 23 heavy (non-hydrogen) atoms. The molecule has 3 unspecified atom stereocenters. The summed E-state index contributed by atoms with van der Waals surface area (Å²) in [4.78, 5) is 50.3. The molecule has 1 heterocycles. The van der Waals surface area contributed by atoms with Gasteiger partial charge in [-0.3, -0.25) is 19.4 Å². The maximum atomic E-state index is 11.7. The standard InChI is InChI=1S/C14H17IN2O6/c1-6(18)22-5-9-3-8(4-10(9)23-7(2)19)12-11(15)13(20)17-14(21)16-12/h8-10H,3-5H2,1-2H3,(H2,16,17,20,21). The van der Waals surface area contributed by atoms with Gasteiger partial charge in [-0.05, 0) is 35.4 Å². The number of aromatic amines is 2. The van der Waals surface area contributed by atoms with Crippen molar-refractivity contribution in [3.05, 3.63) is 30.1 Å². The Balaban J connectivity index is 2.25. The van der Waals surface area contributed by atoms with Gasteiger partial charge in [0.05, 0.1) is 10.2 Å². The number of aromatic nitrogens is 2. The fourth-order valence-corrected chi connectivity index (χ4v) is 3.56. The van der Waals surface area contributed by atoms with Crippen LogP contribution >= 0.6 is 22.6 Å². The Morgan fingerprint density at radius 2 is 1.87 bits per heavy atom. The van der Waals surface area contributed by atoms with Crippen LogP contribution in [0.5, 0.6) is 0 Å². The van der Waals surface area contributed by atoms with Crippen LogP contribution in [0, 0.1) is 9.49 Å². The summed E-state index contributed by atoms with van der Waals surface area (Å²) in [5, 5.41) is 0. The van der Waals surface area contributed by atoms with Crippen LogP contribution in [0.2, 0.25) is 0 Å². The number of ether oxygens (including phenoxy) is 2. The van der Waals surface area contributed by atoms with E-state index >= 15 is 0 Å². The Morgan fingerprint density at radius 3 is 2.48 bits per heavy atom. The molecule has 0 amide bonds. The summed E-state index contributed by atoms with van der Waals surface area (Å²) in [5.41, 5.74) is -0.489. The van der Waals surface area contributed by atoms with Crippen molar-refractivity contribution in [2.45, 2.75) is 38.7 Å². The van der Waals surface area contributed by atoms with Crippen molar-refractivity contribution in [1.82, 2.24) is 9.97 Å². The first kappa shape index (κ1) is 17.7. The van der Waals surface area contributed by atoms with Gasteiger partial charge in [0.2, 0.25) is 0 Å². The topological polar surface area (TPSA) is 118 Å². The van der Waals surface area contributed by atoms with Crippen LogP contribution < -0.4 is 11.2 Å². The third-order valence-electron chi connectivity index (χ3n) is 3.77. The number of nitrogens with one attached hydrogen (secondary N) is 2. The van der Waals surface area contributed by atoms with Crippen LogP contribution in [-0.4, -0.2) is 34.6 Å². The molecule has 9 heteroatoms. The first-order chi connectivity index (χ1) is 10.8. The summed E-state index contributed by atoms with van der Waals surface area (Å²) in [6.45, 7) is 2.76. The minimum atomic E-state index is -0.571. The second kappa shape index (κ2) is 7.28. The van der Waals surface area contributed by atoms with Crippen molar-refractivity contribution >= 4 is 34.5 Å². The van der Waals surface area contributed by atoms with Gasteiger partial charge in [-0.1, -0.05) is 0 Å². The summed E-state index contributed by atoms with van der Waals surface area (Å²) < 4.78 is 10.7. The van der Waals surface area contributed by atoms with Gasteiger partial charge in [0.15, 0.2) is 0 Å². The number of H-pyrrole nitrogens is 2. The van der Waals surface area contributed by atoms with E-state index in [9.17, 15) is 19.2 Å². The highest BCUT2D eigenvalue weighted by atomic mass is 127. The summed E-state index contributed by atoms with van der Waals surface area (Å²) >= 11 is 1.88. The zero-order valence-corrected chi connectivity index (χ0v) is 14.8. The van der Waals surface area contributed by atoms with Crippen molar-refractivity contribution in [3.63, 3.8) is 0 Å². The van der Waals surface area contributed by atoms with E-state index in [1.807, 2.05) is 22.6 Å². The second-order valence-electron chi connectivity index (χ2n) is 5.51. The molecule has 1 aromatic rings. The van der Waals surface area contributed by atoms with Crippen LogP contribution in [0.3, 0.4) is 0 Å². The normalized spacial score (nSPS) is 23.5. The van der Waals surface area contributed by atoms with Crippen molar-refractivity contribution in [2.24, 2.45) is 5.92 Å². The summed E-state index contributed by atoms with van der Waals surface area (Å²) in [7, 11) is 0. The maximum absolute atomic E-state index is 11.7. The molecule has 1 aromatic heterocycles. The van der Waals surface area contributed by atoms with E-state index in [0.29, 0.717) is 22.1 Å². The highest BCUT2D eigenvalue weighted by molar-refractivity contribution is 14.1. The molecule has 1 fully saturated rings. The van der Waals surface area contributed by atoms with Crippen molar-refractivity contribution in [1.29, 1.82) is 0 Å². The SMILES string of the molecule is CC(=O)OCC1CC(c2[nH]c(=O)[nH]c(=O)c2I)CC1OC(C)=O. The number of carbonyl (C=O) groups excluding carboxylic acids is 2. The number of hydrogen-bond acceptors (Lipinski definition) is 6. The van der Waals surface area contributed by atoms with Gasteiger partial charge in [0, 0.05) is 31.4 Å². The lowest BCUT2D eigenvalue weighted by Gasteiger charge is -2.18. The van der Waals surface area contributed by atoms with Crippen LogP contribution in [0.4, 0.5) is 0 Å². The van der Waals surface area contributed by atoms with E-state index in [-0.39, 0.29) is 18.4 Å². The lowest BCUT2D eigenvalue weighted by atomic mass is 10.0. The first-order valence-electron chi connectivity index (χ1n) is 7.10. The fraction of sp³-hybridized carbons (Fsp3) is 0.571. The van der Waals surface area contributed by atoms with Gasteiger partial charge in [0.25, 0.3) is 5.56 Å². The van der Waals surface area contributed by atoms with Gasteiger partial charge in [-0.2, -0.15) is 0 Å². The molecule has 3 atom stereocenters. The molecule has 0 bridgehead atoms. The number of hydrogen-bond donors (Lipinski definition) is 2. The average Bonchev–Trinajstić information content (AvgIpc) is 2.82. The summed E-state index contributed by atoms with van der Waals surface area (Å²) in [6.07, 6.45) is 0.581.